The normalized spacial score (nSPS) is 26.9. The first-order valence-corrected chi connectivity index (χ1v) is 8.86. The zero-order chi connectivity index (χ0) is 13.0. The molecule has 1 N–H and O–H groups in total. The SMILES string of the molecule is CN(CC1CCCC1)S(=O)(=O)CC1CCCCN1. The van der Waals surface area contributed by atoms with Gasteiger partial charge in [0, 0.05) is 19.6 Å². The van der Waals surface area contributed by atoms with Crippen LogP contribution >= 0.6 is 0 Å². The van der Waals surface area contributed by atoms with Crippen LogP contribution in [0.2, 0.25) is 0 Å². The van der Waals surface area contributed by atoms with Gasteiger partial charge in [0.2, 0.25) is 10.0 Å². The molecule has 5 heteroatoms. The average molecular weight is 274 g/mol. The predicted octanol–water partition coefficient (Wildman–Crippen LogP) is 1.58. The molecule has 1 aliphatic carbocycles. The maximum Gasteiger partial charge on any atom is 0.215 e. The fourth-order valence-electron chi connectivity index (χ4n) is 3.12. The Labute approximate surface area is 111 Å². The van der Waals surface area contributed by atoms with Gasteiger partial charge in [-0.05, 0) is 38.1 Å². The van der Waals surface area contributed by atoms with Gasteiger partial charge in [0.25, 0.3) is 0 Å². The molecule has 2 rings (SSSR count). The topological polar surface area (TPSA) is 49.4 Å². The van der Waals surface area contributed by atoms with Crippen molar-refractivity contribution < 1.29 is 8.42 Å². The second kappa shape index (κ2) is 6.35. The van der Waals surface area contributed by atoms with E-state index in [0.717, 1.165) is 25.9 Å². The summed E-state index contributed by atoms with van der Waals surface area (Å²) in [5.41, 5.74) is 0. The summed E-state index contributed by atoms with van der Waals surface area (Å²) in [5.74, 6) is 0.861. The van der Waals surface area contributed by atoms with Gasteiger partial charge in [0.15, 0.2) is 0 Å². The minimum absolute atomic E-state index is 0.162. The summed E-state index contributed by atoms with van der Waals surface area (Å²) in [6.07, 6.45) is 8.25. The van der Waals surface area contributed by atoms with Crippen LogP contribution in [0.4, 0.5) is 0 Å². The van der Waals surface area contributed by atoms with Crippen LogP contribution in [0.5, 0.6) is 0 Å². The molecule has 0 spiro atoms. The molecule has 106 valence electrons. The Morgan fingerprint density at radius 3 is 2.39 bits per heavy atom. The molecule has 4 nitrogen and oxygen atoms in total. The third kappa shape index (κ3) is 3.93. The van der Waals surface area contributed by atoms with Crippen LogP contribution in [0.1, 0.15) is 44.9 Å². The van der Waals surface area contributed by atoms with Gasteiger partial charge in [-0.25, -0.2) is 12.7 Å². The molecular weight excluding hydrogens is 248 g/mol. The van der Waals surface area contributed by atoms with E-state index in [-0.39, 0.29) is 11.8 Å². The van der Waals surface area contributed by atoms with Crippen LogP contribution in [0.15, 0.2) is 0 Å². The largest absolute Gasteiger partial charge is 0.313 e. The van der Waals surface area contributed by atoms with Crippen molar-refractivity contribution in [1.82, 2.24) is 9.62 Å². The Hall–Kier alpha value is -0.130. The molecule has 1 saturated carbocycles. The molecule has 0 amide bonds. The Balaban J connectivity index is 1.83. The van der Waals surface area contributed by atoms with Gasteiger partial charge in [-0.1, -0.05) is 19.3 Å². The minimum atomic E-state index is -3.08. The van der Waals surface area contributed by atoms with Crippen molar-refractivity contribution in [1.29, 1.82) is 0 Å². The van der Waals surface area contributed by atoms with Crippen LogP contribution < -0.4 is 5.32 Å². The number of nitrogens with zero attached hydrogens (tertiary/aromatic N) is 1. The molecule has 18 heavy (non-hydrogen) atoms. The van der Waals surface area contributed by atoms with Gasteiger partial charge in [-0.15, -0.1) is 0 Å². The fourth-order valence-corrected chi connectivity index (χ4v) is 4.60. The summed E-state index contributed by atoms with van der Waals surface area (Å²) < 4.78 is 26.1. The molecule has 0 bridgehead atoms. The molecule has 1 heterocycles. The van der Waals surface area contributed by atoms with E-state index in [1.54, 1.807) is 11.4 Å². The highest BCUT2D eigenvalue weighted by molar-refractivity contribution is 7.89. The second-order valence-corrected chi connectivity index (χ2v) is 7.98. The maximum absolute atomic E-state index is 12.3. The van der Waals surface area contributed by atoms with Crippen molar-refractivity contribution in [2.45, 2.75) is 51.0 Å². The smallest absolute Gasteiger partial charge is 0.215 e. The molecule has 0 aromatic heterocycles. The highest BCUT2D eigenvalue weighted by Gasteiger charge is 2.27. The van der Waals surface area contributed by atoms with Crippen molar-refractivity contribution in [3.8, 4) is 0 Å². The molecule has 1 saturated heterocycles. The van der Waals surface area contributed by atoms with E-state index in [2.05, 4.69) is 5.32 Å². The molecule has 0 radical (unpaired) electrons. The number of hydrogen-bond donors (Lipinski definition) is 1. The van der Waals surface area contributed by atoms with Crippen molar-refractivity contribution in [3.63, 3.8) is 0 Å². The van der Waals surface area contributed by atoms with Gasteiger partial charge in [-0.2, -0.15) is 0 Å². The van der Waals surface area contributed by atoms with E-state index in [4.69, 9.17) is 0 Å². The first kappa shape index (κ1) is 14.3. The summed E-state index contributed by atoms with van der Waals surface area (Å²) in [4.78, 5) is 0. The van der Waals surface area contributed by atoms with Crippen LogP contribution in [0, 0.1) is 5.92 Å². The second-order valence-electron chi connectivity index (χ2n) is 5.86. The van der Waals surface area contributed by atoms with E-state index in [9.17, 15) is 8.42 Å². The number of piperidine rings is 1. The van der Waals surface area contributed by atoms with E-state index in [0.29, 0.717) is 5.92 Å². The summed E-state index contributed by atoms with van der Waals surface area (Å²) in [5, 5.41) is 3.32. The van der Waals surface area contributed by atoms with Crippen molar-refractivity contribution in [3.05, 3.63) is 0 Å². The first-order chi connectivity index (χ1) is 8.58. The van der Waals surface area contributed by atoms with Gasteiger partial charge in [0.1, 0.15) is 0 Å². The quantitative estimate of drug-likeness (QED) is 0.828. The Morgan fingerprint density at radius 2 is 1.78 bits per heavy atom. The van der Waals surface area contributed by atoms with E-state index in [1.807, 2.05) is 0 Å². The molecule has 2 fully saturated rings. The number of hydrogen-bond acceptors (Lipinski definition) is 3. The Bertz CT molecular complexity index is 344. The zero-order valence-electron chi connectivity index (χ0n) is 11.4. The number of sulfonamides is 1. The third-order valence-corrected chi connectivity index (χ3v) is 6.21. The highest BCUT2D eigenvalue weighted by atomic mass is 32.2. The molecule has 1 atom stereocenters. The van der Waals surface area contributed by atoms with E-state index < -0.39 is 10.0 Å². The number of rotatable bonds is 5. The van der Waals surface area contributed by atoms with Crippen molar-refractivity contribution in [2.75, 3.05) is 25.9 Å². The molecule has 2 aliphatic rings. The van der Waals surface area contributed by atoms with E-state index in [1.165, 1.54) is 32.1 Å². The summed E-state index contributed by atoms with van der Waals surface area (Å²) >= 11 is 0. The minimum Gasteiger partial charge on any atom is -0.313 e. The highest BCUT2D eigenvalue weighted by Crippen LogP contribution is 2.26. The van der Waals surface area contributed by atoms with Crippen LogP contribution in [0.25, 0.3) is 0 Å². The van der Waals surface area contributed by atoms with Gasteiger partial charge >= 0.3 is 0 Å². The van der Waals surface area contributed by atoms with Crippen molar-refractivity contribution >= 4 is 10.0 Å². The van der Waals surface area contributed by atoms with Crippen molar-refractivity contribution in [2.24, 2.45) is 5.92 Å². The lowest BCUT2D eigenvalue weighted by Crippen LogP contribution is -2.44. The van der Waals surface area contributed by atoms with E-state index >= 15 is 0 Å². The fraction of sp³-hybridized carbons (Fsp3) is 1.00. The van der Waals surface area contributed by atoms with Crippen LogP contribution in [0.3, 0.4) is 0 Å². The maximum atomic E-state index is 12.3. The molecular formula is C13H26N2O2S. The Morgan fingerprint density at radius 1 is 1.11 bits per heavy atom. The monoisotopic (exact) mass is 274 g/mol. The summed E-state index contributed by atoms with van der Waals surface area (Å²) in [7, 11) is -1.33. The lowest BCUT2D eigenvalue weighted by Gasteiger charge is -2.27. The summed E-state index contributed by atoms with van der Waals surface area (Å²) in [6.45, 7) is 1.68. The van der Waals surface area contributed by atoms with Gasteiger partial charge in [0.05, 0.1) is 5.75 Å². The predicted molar refractivity (Wildman–Crippen MR) is 74.0 cm³/mol. The molecule has 0 aromatic rings. The lowest BCUT2D eigenvalue weighted by molar-refractivity contribution is 0.375. The molecule has 1 unspecified atom stereocenters. The van der Waals surface area contributed by atoms with Gasteiger partial charge < -0.3 is 5.32 Å². The average Bonchev–Trinajstić information content (AvgIpc) is 2.82. The van der Waals surface area contributed by atoms with Crippen LogP contribution in [-0.4, -0.2) is 44.7 Å². The third-order valence-electron chi connectivity index (χ3n) is 4.29. The first-order valence-electron chi connectivity index (χ1n) is 7.25. The molecule has 1 aliphatic heterocycles. The van der Waals surface area contributed by atoms with Gasteiger partial charge in [-0.3, -0.25) is 0 Å². The number of nitrogens with one attached hydrogen (secondary N) is 1. The Kier molecular flexibility index (Phi) is 5.04. The summed E-state index contributed by atoms with van der Waals surface area (Å²) in [6, 6.07) is 0.162. The standard InChI is InChI=1S/C13H26N2O2S/c1-15(10-12-6-2-3-7-12)18(16,17)11-13-8-4-5-9-14-13/h12-14H,2-11H2,1H3. The van der Waals surface area contributed by atoms with Crippen LogP contribution in [-0.2, 0) is 10.0 Å². The zero-order valence-corrected chi connectivity index (χ0v) is 12.2. The lowest BCUT2D eigenvalue weighted by atomic mass is 10.1. The molecule has 0 aromatic carbocycles.